The number of anilines is 1. The number of sulfonamides is 1. The number of hydrogen-bond acceptors (Lipinski definition) is 5. The number of fused-ring (bicyclic) bond motifs is 2. The van der Waals surface area contributed by atoms with Crippen LogP contribution in [0.3, 0.4) is 0 Å². The van der Waals surface area contributed by atoms with Gasteiger partial charge < -0.3 is 4.90 Å². The summed E-state index contributed by atoms with van der Waals surface area (Å²) in [5.74, 6) is 0.547. The van der Waals surface area contributed by atoms with Gasteiger partial charge in [0.1, 0.15) is 12.4 Å². The molecule has 2 aliphatic rings. The predicted octanol–water partition coefficient (Wildman–Crippen LogP) is 1.78. The maximum Gasteiger partial charge on any atom is 0.346 e. The highest BCUT2D eigenvalue weighted by atomic mass is 32.2. The highest BCUT2D eigenvalue weighted by Gasteiger charge is 2.28. The molecule has 9 nitrogen and oxygen atoms in total. The summed E-state index contributed by atoms with van der Waals surface area (Å²) in [6.45, 7) is 5.52. The average Bonchev–Trinajstić information content (AvgIpc) is 2.94. The molecule has 0 saturated carbocycles. The summed E-state index contributed by atoms with van der Waals surface area (Å²) in [6, 6.07) is 4.98. The van der Waals surface area contributed by atoms with Gasteiger partial charge in [-0.2, -0.15) is 9.40 Å². The van der Waals surface area contributed by atoms with Gasteiger partial charge in [0.25, 0.3) is 0 Å². The summed E-state index contributed by atoms with van der Waals surface area (Å²) in [5, 5.41) is 4.42. The van der Waals surface area contributed by atoms with Crippen LogP contribution in [0.15, 0.2) is 27.9 Å². The van der Waals surface area contributed by atoms with E-state index in [0.29, 0.717) is 38.3 Å². The molecule has 2 aromatic rings. The summed E-state index contributed by atoms with van der Waals surface area (Å²) >= 11 is 0. The van der Waals surface area contributed by atoms with Crippen molar-refractivity contribution in [3.63, 3.8) is 0 Å². The molecule has 174 valence electrons. The quantitative estimate of drug-likeness (QED) is 0.653. The number of rotatable bonds is 6. The first kappa shape index (κ1) is 22.7. The molecule has 1 aromatic carbocycles. The van der Waals surface area contributed by atoms with E-state index in [9.17, 15) is 18.0 Å². The molecular weight excluding hydrogens is 430 g/mol. The Morgan fingerprint density at radius 1 is 1.06 bits per heavy atom. The maximum absolute atomic E-state index is 13.1. The molecule has 0 saturated heterocycles. The second-order valence-electron chi connectivity index (χ2n) is 8.35. The van der Waals surface area contributed by atoms with E-state index in [1.54, 1.807) is 27.7 Å². The standard InChI is InChI=1S/C22H31N5O4S/c1-3-24(4-2)32(30,31)18-11-12-19-17(15-18)9-8-14-25(19)21(28)16-27-22(29)26-13-7-5-6-10-20(26)23-27/h11-12,15H,3-10,13-14,16H2,1-2H3. The first-order valence-corrected chi connectivity index (χ1v) is 12.9. The van der Waals surface area contributed by atoms with Crippen LogP contribution in [-0.2, 0) is 40.7 Å². The SMILES string of the molecule is CCN(CC)S(=O)(=O)c1ccc2c(c1)CCCN2C(=O)Cn1nc2n(c1=O)CCCCC2. The van der Waals surface area contributed by atoms with Crippen LogP contribution in [0.25, 0.3) is 0 Å². The fraction of sp³-hybridized carbons (Fsp3) is 0.591. The lowest BCUT2D eigenvalue weighted by molar-refractivity contribution is -0.119. The van der Waals surface area contributed by atoms with Gasteiger partial charge in [-0.1, -0.05) is 20.3 Å². The second kappa shape index (κ2) is 9.19. The van der Waals surface area contributed by atoms with Crippen LogP contribution in [0.4, 0.5) is 5.69 Å². The number of nitrogens with zero attached hydrogens (tertiary/aromatic N) is 5. The molecule has 0 radical (unpaired) electrons. The average molecular weight is 462 g/mol. The Morgan fingerprint density at radius 3 is 2.59 bits per heavy atom. The minimum absolute atomic E-state index is 0.113. The number of aromatic nitrogens is 3. The summed E-state index contributed by atoms with van der Waals surface area (Å²) in [4.78, 5) is 27.8. The zero-order chi connectivity index (χ0) is 22.9. The molecular formula is C22H31N5O4S. The van der Waals surface area contributed by atoms with Gasteiger partial charge in [0.05, 0.1) is 4.90 Å². The maximum atomic E-state index is 13.1. The molecule has 0 unspecified atom stereocenters. The van der Waals surface area contributed by atoms with Gasteiger partial charge in [-0.25, -0.2) is 17.9 Å². The molecule has 0 N–H and O–H groups in total. The second-order valence-corrected chi connectivity index (χ2v) is 10.3. The summed E-state index contributed by atoms with van der Waals surface area (Å²) in [5.41, 5.74) is 1.33. The Labute approximate surface area is 188 Å². The van der Waals surface area contributed by atoms with Crippen molar-refractivity contribution < 1.29 is 13.2 Å². The third kappa shape index (κ3) is 4.13. The van der Waals surface area contributed by atoms with E-state index in [2.05, 4.69) is 5.10 Å². The Balaban J connectivity index is 1.58. The topological polar surface area (TPSA) is 97.5 Å². The zero-order valence-corrected chi connectivity index (χ0v) is 19.6. The highest BCUT2D eigenvalue weighted by Crippen LogP contribution is 2.30. The van der Waals surface area contributed by atoms with Gasteiger partial charge in [-0.3, -0.25) is 9.36 Å². The van der Waals surface area contributed by atoms with Crippen molar-refractivity contribution in [2.75, 3.05) is 24.5 Å². The van der Waals surface area contributed by atoms with Crippen LogP contribution in [0.2, 0.25) is 0 Å². The van der Waals surface area contributed by atoms with Crippen LogP contribution in [0.1, 0.15) is 50.9 Å². The molecule has 0 spiro atoms. The van der Waals surface area contributed by atoms with Crippen molar-refractivity contribution in [1.82, 2.24) is 18.7 Å². The van der Waals surface area contributed by atoms with Crippen LogP contribution in [0, 0.1) is 0 Å². The molecule has 0 bridgehead atoms. The van der Waals surface area contributed by atoms with Crippen LogP contribution >= 0.6 is 0 Å². The van der Waals surface area contributed by atoms with E-state index in [1.165, 1.54) is 8.99 Å². The normalized spacial score (nSPS) is 16.5. The Bertz CT molecular complexity index is 1160. The van der Waals surface area contributed by atoms with Crippen LogP contribution < -0.4 is 10.6 Å². The van der Waals surface area contributed by atoms with Crippen molar-refractivity contribution in [3.05, 3.63) is 40.1 Å². The fourth-order valence-electron chi connectivity index (χ4n) is 4.65. The number of carbonyl (C=O) groups excluding carboxylic acids is 1. The van der Waals surface area contributed by atoms with Crippen molar-refractivity contribution in [2.45, 2.75) is 70.4 Å². The van der Waals surface area contributed by atoms with Crippen LogP contribution in [0.5, 0.6) is 0 Å². The number of hydrogen-bond donors (Lipinski definition) is 0. The van der Waals surface area contributed by atoms with E-state index < -0.39 is 10.0 Å². The van der Waals surface area contributed by atoms with E-state index in [-0.39, 0.29) is 23.0 Å². The number of benzene rings is 1. The molecule has 10 heteroatoms. The molecule has 0 fully saturated rings. The Kier molecular flexibility index (Phi) is 6.52. The van der Waals surface area contributed by atoms with E-state index in [1.807, 2.05) is 13.8 Å². The van der Waals surface area contributed by atoms with Gasteiger partial charge >= 0.3 is 5.69 Å². The molecule has 1 amide bonds. The lowest BCUT2D eigenvalue weighted by Gasteiger charge is -2.30. The number of aryl methyl sites for hydroxylation is 2. The van der Waals surface area contributed by atoms with Gasteiger partial charge in [0.15, 0.2) is 0 Å². The Hall–Kier alpha value is -2.46. The molecule has 0 atom stereocenters. The molecule has 2 aliphatic heterocycles. The molecule has 3 heterocycles. The third-order valence-electron chi connectivity index (χ3n) is 6.38. The van der Waals surface area contributed by atoms with Gasteiger partial charge in [0.2, 0.25) is 15.9 Å². The largest absolute Gasteiger partial charge is 0.346 e. The van der Waals surface area contributed by atoms with Gasteiger partial charge in [0, 0.05) is 38.3 Å². The third-order valence-corrected chi connectivity index (χ3v) is 8.43. The van der Waals surface area contributed by atoms with E-state index in [4.69, 9.17) is 0 Å². The lowest BCUT2D eigenvalue weighted by Crippen LogP contribution is -2.40. The monoisotopic (exact) mass is 461 g/mol. The van der Waals surface area contributed by atoms with Crippen LogP contribution in [-0.4, -0.2) is 52.6 Å². The van der Waals surface area contributed by atoms with E-state index >= 15 is 0 Å². The number of carbonyl (C=O) groups is 1. The first-order chi connectivity index (χ1) is 15.4. The molecule has 1 aromatic heterocycles. The van der Waals surface area contributed by atoms with Crippen molar-refractivity contribution >= 4 is 21.6 Å². The number of amides is 1. The van der Waals surface area contributed by atoms with Crippen molar-refractivity contribution in [2.24, 2.45) is 0 Å². The molecule has 4 rings (SSSR count). The molecule has 32 heavy (non-hydrogen) atoms. The fourth-order valence-corrected chi connectivity index (χ4v) is 6.16. The predicted molar refractivity (Wildman–Crippen MR) is 121 cm³/mol. The van der Waals surface area contributed by atoms with E-state index in [0.717, 1.165) is 43.5 Å². The minimum Gasteiger partial charge on any atom is -0.311 e. The zero-order valence-electron chi connectivity index (χ0n) is 18.8. The lowest BCUT2D eigenvalue weighted by atomic mass is 10.0. The smallest absolute Gasteiger partial charge is 0.311 e. The minimum atomic E-state index is -3.56. The van der Waals surface area contributed by atoms with Crippen molar-refractivity contribution in [1.29, 1.82) is 0 Å². The summed E-state index contributed by atoms with van der Waals surface area (Å²) in [6.07, 6.45) is 5.24. The van der Waals surface area contributed by atoms with Gasteiger partial charge in [-0.05, 0) is 49.4 Å². The highest BCUT2D eigenvalue weighted by molar-refractivity contribution is 7.89. The first-order valence-electron chi connectivity index (χ1n) is 11.5. The summed E-state index contributed by atoms with van der Waals surface area (Å²) in [7, 11) is -3.56. The molecule has 0 aliphatic carbocycles. The van der Waals surface area contributed by atoms with Crippen molar-refractivity contribution in [3.8, 4) is 0 Å². The van der Waals surface area contributed by atoms with Gasteiger partial charge in [-0.15, -0.1) is 0 Å². The Morgan fingerprint density at radius 2 is 1.84 bits per heavy atom. The summed E-state index contributed by atoms with van der Waals surface area (Å²) < 4.78 is 30.2.